The Bertz CT molecular complexity index is 1380. The normalized spacial score (nSPS) is 20.4. The third-order valence-corrected chi connectivity index (χ3v) is 10.1. The maximum atomic E-state index is 13.8. The topological polar surface area (TPSA) is 124 Å². The van der Waals surface area contributed by atoms with Crippen molar-refractivity contribution in [3.05, 3.63) is 35.4 Å². The second-order valence-corrected chi connectivity index (χ2v) is 13.1. The number of halogens is 1. The van der Waals surface area contributed by atoms with Gasteiger partial charge in [-0.2, -0.15) is 0 Å². The van der Waals surface area contributed by atoms with Crippen LogP contribution >= 0.6 is 0 Å². The molecule has 0 unspecified atom stereocenters. The summed E-state index contributed by atoms with van der Waals surface area (Å²) in [6.07, 6.45) is 5.21. The molecule has 216 valence electrons. The van der Waals surface area contributed by atoms with Gasteiger partial charge in [0, 0.05) is 44.7 Å². The summed E-state index contributed by atoms with van der Waals surface area (Å²) in [6, 6.07) is 6.33. The Balaban J connectivity index is 1.30. The van der Waals surface area contributed by atoms with Crippen LogP contribution in [0.5, 0.6) is 5.75 Å². The molecule has 4 aliphatic rings. The number of alkyl halides is 1. The fraction of sp³-hybridized carbons (Fsp3) is 0.571. The number of benzene rings is 1. The number of amides is 1. The number of carbonyl (C=O) groups is 1. The standard InChI is InChI=1S/C28H36FN5O5S/c29-20-3-11-34(12-4-20)26-25-19(5-16-39-25)17-24(31-26)32-27(36)22-2-1-21(40(37,38)30-10-15-35)18-23(22)33-13-8-28(6-7-28)9-14-33/h1-2,17-18,20,30,35H,3-16H2,(H,31,32,36). The summed E-state index contributed by atoms with van der Waals surface area (Å²) in [6.45, 7) is 2.68. The first-order valence-corrected chi connectivity index (χ1v) is 15.6. The van der Waals surface area contributed by atoms with Crippen molar-refractivity contribution in [2.45, 2.75) is 56.0 Å². The van der Waals surface area contributed by atoms with Crippen LogP contribution in [-0.4, -0.2) is 76.5 Å². The number of carbonyl (C=O) groups excluding carboxylic acids is 1. The minimum absolute atomic E-state index is 0.0468. The maximum Gasteiger partial charge on any atom is 0.258 e. The van der Waals surface area contributed by atoms with Crippen molar-refractivity contribution in [2.75, 3.05) is 61.1 Å². The molecule has 1 aromatic carbocycles. The van der Waals surface area contributed by atoms with E-state index in [1.165, 1.54) is 18.9 Å². The van der Waals surface area contributed by atoms with Gasteiger partial charge in [0.15, 0.2) is 11.6 Å². The van der Waals surface area contributed by atoms with E-state index in [0.717, 1.165) is 31.5 Å². The van der Waals surface area contributed by atoms with Crippen LogP contribution < -0.4 is 24.6 Å². The smallest absolute Gasteiger partial charge is 0.258 e. The van der Waals surface area contributed by atoms with E-state index >= 15 is 0 Å². The number of nitrogens with zero attached hydrogens (tertiary/aromatic N) is 3. The van der Waals surface area contributed by atoms with Gasteiger partial charge in [-0.1, -0.05) is 0 Å². The zero-order valence-electron chi connectivity index (χ0n) is 22.5. The first kappa shape index (κ1) is 27.2. The molecule has 6 rings (SSSR count). The van der Waals surface area contributed by atoms with Crippen LogP contribution in [0.2, 0.25) is 0 Å². The minimum atomic E-state index is -3.85. The van der Waals surface area contributed by atoms with Crippen molar-refractivity contribution < 1.29 is 27.4 Å². The molecular weight excluding hydrogens is 537 g/mol. The van der Waals surface area contributed by atoms with Gasteiger partial charge in [0.2, 0.25) is 10.0 Å². The minimum Gasteiger partial charge on any atom is -0.489 e. The Hall–Kier alpha value is -2.96. The molecule has 1 saturated carbocycles. The lowest BCUT2D eigenvalue weighted by molar-refractivity contribution is 0.102. The molecule has 0 atom stereocenters. The summed E-state index contributed by atoms with van der Waals surface area (Å²) >= 11 is 0. The van der Waals surface area contributed by atoms with E-state index < -0.39 is 16.2 Å². The average Bonchev–Trinajstić information content (AvgIpc) is 3.53. The third-order valence-electron chi connectivity index (χ3n) is 8.67. The lowest BCUT2D eigenvalue weighted by atomic mass is 9.93. The first-order chi connectivity index (χ1) is 19.3. The molecule has 0 bridgehead atoms. The van der Waals surface area contributed by atoms with Gasteiger partial charge >= 0.3 is 0 Å². The highest BCUT2D eigenvalue weighted by Gasteiger charge is 2.44. The summed E-state index contributed by atoms with van der Waals surface area (Å²) in [5.74, 6) is 1.33. The van der Waals surface area contributed by atoms with Crippen LogP contribution in [0.15, 0.2) is 29.2 Å². The van der Waals surface area contributed by atoms with Gasteiger partial charge in [0.05, 0.1) is 29.4 Å². The summed E-state index contributed by atoms with van der Waals surface area (Å²) in [5, 5.41) is 12.0. The molecule has 3 N–H and O–H groups in total. The molecule has 40 heavy (non-hydrogen) atoms. The molecule has 3 aliphatic heterocycles. The van der Waals surface area contributed by atoms with Gasteiger partial charge in [0.25, 0.3) is 5.91 Å². The number of pyridine rings is 1. The lowest BCUT2D eigenvalue weighted by Crippen LogP contribution is -2.36. The number of piperidine rings is 2. The van der Waals surface area contributed by atoms with Crippen molar-refractivity contribution in [3.63, 3.8) is 0 Å². The Morgan fingerprint density at radius 2 is 1.85 bits per heavy atom. The number of rotatable bonds is 8. The number of anilines is 3. The molecule has 2 aromatic rings. The number of aliphatic hydroxyl groups excluding tert-OH is 1. The zero-order valence-corrected chi connectivity index (χ0v) is 23.3. The van der Waals surface area contributed by atoms with Gasteiger partial charge < -0.3 is 25.0 Å². The zero-order chi connectivity index (χ0) is 27.9. The number of aliphatic hydroxyl groups is 1. The fourth-order valence-corrected chi connectivity index (χ4v) is 7.03. The molecule has 12 heteroatoms. The molecular formula is C28H36FN5O5S. The largest absolute Gasteiger partial charge is 0.489 e. The number of ether oxygens (including phenoxy) is 1. The summed E-state index contributed by atoms with van der Waals surface area (Å²) < 4.78 is 47.7. The van der Waals surface area contributed by atoms with E-state index in [1.807, 2.05) is 11.0 Å². The Kier molecular flexibility index (Phi) is 7.34. The molecule has 3 fully saturated rings. The van der Waals surface area contributed by atoms with E-state index in [2.05, 4.69) is 14.9 Å². The highest BCUT2D eigenvalue weighted by Crippen LogP contribution is 2.54. The monoisotopic (exact) mass is 573 g/mol. The fourth-order valence-electron chi connectivity index (χ4n) is 5.99. The number of aromatic nitrogens is 1. The van der Waals surface area contributed by atoms with Crippen molar-refractivity contribution in [3.8, 4) is 5.75 Å². The summed E-state index contributed by atoms with van der Waals surface area (Å²) in [7, 11) is -3.85. The van der Waals surface area contributed by atoms with Crippen molar-refractivity contribution >= 4 is 33.3 Å². The van der Waals surface area contributed by atoms with Crippen molar-refractivity contribution in [2.24, 2.45) is 5.41 Å². The van der Waals surface area contributed by atoms with Gasteiger partial charge in [-0.15, -0.1) is 0 Å². The van der Waals surface area contributed by atoms with Gasteiger partial charge in [-0.3, -0.25) is 4.79 Å². The lowest BCUT2D eigenvalue weighted by Gasteiger charge is -2.35. The van der Waals surface area contributed by atoms with Crippen LogP contribution in [0.1, 0.15) is 54.4 Å². The molecule has 4 heterocycles. The molecule has 1 spiro atoms. The van der Waals surface area contributed by atoms with E-state index in [-0.39, 0.29) is 24.0 Å². The third kappa shape index (κ3) is 5.48. The first-order valence-electron chi connectivity index (χ1n) is 14.1. The molecule has 2 saturated heterocycles. The van der Waals surface area contributed by atoms with Gasteiger partial charge in [-0.25, -0.2) is 22.5 Å². The molecule has 10 nitrogen and oxygen atoms in total. The van der Waals surface area contributed by atoms with Gasteiger partial charge in [0.1, 0.15) is 12.0 Å². The van der Waals surface area contributed by atoms with Gasteiger partial charge in [-0.05, 0) is 68.2 Å². The second kappa shape index (κ2) is 10.8. The Morgan fingerprint density at radius 1 is 1.10 bits per heavy atom. The van der Waals surface area contributed by atoms with Crippen LogP contribution in [0.4, 0.5) is 21.7 Å². The quantitative estimate of drug-likeness (QED) is 0.441. The Labute approximate surface area is 234 Å². The van der Waals surface area contributed by atoms with E-state index in [9.17, 15) is 17.6 Å². The second-order valence-electron chi connectivity index (χ2n) is 11.3. The van der Waals surface area contributed by atoms with E-state index in [1.54, 1.807) is 12.1 Å². The van der Waals surface area contributed by atoms with Crippen LogP contribution in [0.3, 0.4) is 0 Å². The predicted octanol–water partition coefficient (Wildman–Crippen LogP) is 2.86. The van der Waals surface area contributed by atoms with E-state index in [4.69, 9.17) is 14.8 Å². The van der Waals surface area contributed by atoms with Crippen molar-refractivity contribution in [1.82, 2.24) is 9.71 Å². The maximum absolute atomic E-state index is 13.8. The van der Waals surface area contributed by atoms with Crippen LogP contribution in [0, 0.1) is 5.41 Å². The molecule has 0 radical (unpaired) electrons. The molecule has 1 aliphatic carbocycles. The summed E-state index contributed by atoms with van der Waals surface area (Å²) in [5.41, 5.74) is 2.29. The average molecular weight is 574 g/mol. The SMILES string of the molecule is O=C(Nc1cc2c(c(N3CCC(F)CC3)n1)OCC2)c1ccc(S(=O)(=O)NCCO)cc1N1CCC2(CC1)CC2. The number of fused-ring (bicyclic) bond motifs is 1. The predicted molar refractivity (Wildman–Crippen MR) is 150 cm³/mol. The highest BCUT2D eigenvalue weighted by atomic mass is 32.2. The molecule has 1 aromatic heterocycles. The summed E-state index contributed by atoms with van der Waals surface area (Å²) in [4.78, 5) is 22.6. The Morgan fingerprint density at radius 3 is 2.55 bits per heavy atom. The van der Waals surface area contributed by atoms with Crippen LogP contribution in [-0.2, 0) is 16.4 Å². The van der Waals surface area contributed by atoms with Crippen LogP contribution in [0.25, 0.3) is 0 Å². The van der Waals surface area contributed by atoms with E-state index in [0.29, 0.717) is 73.0 Å². The molecule has 1 amide bonds. The highest BCUT2D eigenvalue weighted by molar-refractivity contribution is 7.89. The number of hydrogen-bond donors (Lipinski definition) is 3. The number of nitrogens with one attached hydrogen (secondary N) is 2. The number of sulfonamides is 1. The van der Waals surface area contributed by atoms with Crippen molar-refractivity contribution in [1.29, 1.82) is 0 Å². The number of hydrogen-bond acceptors (Lipinski definition) is 8.